The standard InChI is InChI=1S/C8H13N3/c1-6(9)7-5-11(2)4-3-8(7)10/h3,5H,1,4,9-10H2,2H3/p+1. The third-order valence-corrected chi connectivity index (χ3v) is 1.67. The van der Waals surface area contributed by atoms with Gasteiger partial charge in [0.15, 0.2) is 0 Å². The molecule has 0 aromatic heterocycles. The summed E-state index contributed by atoms with van der Waals surface area (Å²) in [7, 11) is 1.99. The van der Waals surface area contributed by atoms with Gasteiger partial charge >= 0.3 is 0 Å². The summed E-state index contributed by atoms with van der Waals surface area (Å²) in [6.45, 7) is 4.56. The van der Waals surface area contributed by atoms with Gasteiger partial charge in [-0.3, -0.25) is 0 Å². The second-order valence-corrected chi connectivity index (χ2v) is 2.74. The lowest BCUT2D eigenvalue weighted by Gasteiger charge is -2.18. The second kappa shape index (κ2) is 2.80. The maximum absolute atomic E-state index is 5.55. The Morgan fingerprint density at radius 3 is 2.91 bits per heavy atom. The largest absolute Gasteiger partial charge is 0.398 e. The van der Waals surface area contributed by atoms with Gasteiger partial charge in [-0.1, -0.05) is 6.58 Å². The molecule has 3 nitrogen and oxygen atoms in total. The Bertz CT molecular complexity index is 238. The first-order valence-electron chi connectivity index (χ1n) is 3.50. The number of nitrogens with zero attached hydrogens (tertiary/aromatic N) is 1. The summed E-state index contributed by atoms with van der Waals surface area (Å²) in [6, 6.07) is 0. The topological polar surface area (TPSA) is 56.9 Å². The fourth-order valence-corrected chi connectivity index (χ4v) is 1.01. The van der Waals surface area contributed by atoms with Crippen LogP contribution in [0.3, 0.4) is 0 Å². The van der Waals surface area contributed by atoms with Gasteiger partial charge in [0.25, 0.3) is 0 Å². The van der Waals surface area contributed by atoms with Crippen LogP contribution in [0.1, 0.15) is 0 Å². The molecule has 0 aromatic rings. The Morgan fingerprint density at radius 1 is 1.82 bits per heavy atom. The lowest BCUT2D eigenvalue weighted by molar-refractivity contribution is -0.298. The minimum atomic E-state index is 0.581. The van der Waals surface area contributed by atoms with Crippen molar-refractivity contribution in [1.29, 1.82) is 0 Å². The fraction of sp³-hybridized carbons (Fsp3) is 0.250. The van der Waals surface area contributed by atoms with Crippen molar-refractivity contribution < 1.29 is 5.73 Å². The molecule has 3 heteroatoms. The van der Waals surface area contributed by atoms with E-state index in [2.05, 4.69) is 12.3 Å². The van der Waals surface area contributed by atoms with E-state index in [0.717, 1.165) is 17.8 Å². The van der Waals surface area contributed by atoms with Crippen molar-refractivity contribution in [3.8, 4) is 0 Å². The van der Waals surface area contributed by atoms with Crippen molar-refractivity contribution in [2.75, 3.05) is 13.6 Å². The number of hydrogen-bond acceptors (Lipinski definition) is 2. The molecule has 0 saturated heterocycles. The molecular weight excluding hydrogens is 138 g/mol. The van der Waals surface area contributed by atoms with Crippen LogP contribution in [0.5, 0.6) is 0 Å². The minimum absolute atomic E-state index is 0.581. The van der Waals surface area contributed by atoms with Crippen LogP contribution < -0.4 is 11.5 Å². The smallest absolute Gasteiger partial charge is 0.136 e. The SMILES string of the molecule is C=C(N)C1=CN(C)CC=C1[NH3+]. The zero-order chi connectivity index (χ0) is 8.43. The van der Waals surface area contributed by atoms with Gasteiger partial charge in [0.2, 0.25) is 0 Å². The van der Waals surface area contributed by atoms with Crippen LogP contribution in [0.4, 0.5) is 0 Å². The molecule has 1 aliphatic rings. The van der Waals surface area contributed by atoms with E-state index in [0.29, 0.717) is 5.70 Å². The number of likely N-dealkylation sites (N-methyl/N-ethyl adjacent to an activating group) is 1. The van der Waals surface area contributed by atoms with E-state index in [1.54, 1.807) is 0 Å². The molecule has 0 atom stereocenters. The van der Waals surface area contributed by atoms with Crippen LogP contribution in [0.15, 0.2) is 35.8 Å². The first-order chi connectivity index (χ1) is 5.11. The van der Waals surface area contributed by atoms with E-state index in [1.807, 2.05) is 24.2 Å². The molecule has 1 heterocycles. The molecule has 60 valence electrons. The lowest BCUT2D eigenvalue weighted by atomic mass is 10.1. The van der Waals surface area contributed by atoms with Crippen LogP contribution >= 0.6 is 0 Å². The van der Waals surface area contributed by atoms with Crippen molar-refractivity contribution in [3.63, 3.8) is 0 Å². The minimum Gasteiger partial charge on any atom is -0.398 e. The van der Waals surface area contributed by atoms with Crippen molar-refractivity contribution in [1.82, 2.24) is 4.90 Å². The maximum Gasteiger partial charge on any atom is 0.136 e. The third kappa shape index (κ3) is 1.62. The fourth-order valence-electron chi connectivity index (χ4n) is 1.01. The predicted molar refractivity (Wildman–Crippen MR) is 45.0 cm³/mol. The summed E-state index contributed by atoms with van der Waals surface area (Å²) in [6.07, 6.45) is 4.00. The molecule has 11 heavy (non-hydrogen) atoms. The van der Waals surface area contributed by atoms with E-state index >= 15 is 0 Å². The summed E-state index contributed by atoms with van der Waals surface area (Å²) in [5.41, 5.74) is 11.9. The number of hydrogen-bond donors (Lipinski definition) is 2. The molecule has 0 aromatic carbocycles. The van der Waals surface area contributed by atoms with Crippen LogP contribution in [-0.2, 0) is 0 Å². The number of nitrogens with two attached hydrogens (primary N) is 1. The quantitative estimate of drug-likeness (QED) is 0.528. The third-order valence-electron chi connectivity index (χ3n) is 1.67. The average Bonchev–Trinajstić information content (AvgIpc) is 1.94. The molecule has 1 aliphatic heterocycles. The van der Waals surface area contributed by atoms with E-state index in [4.69, 9.17) is 5.73 Å². The number of quaternary nitrogens is 1. The summed E-state index contributed by atoms with van der Waals surface area (Å²) < 4.78 is 0. The summed E-state index contributed by atoms with van der Waals surface area (Å²) in [4.78, 5) is 2.04. The molecule has 0 bridgehead atoms. The lowest BCUT2D eigenvalue weighted by Crippen LogP contribution is -2.50. The highest BCUT2D eigenvalue weighted by atomic mass is 15.1. The normalized spacial score (nSPS) is 17.5. The highest BCUT2D eigenvalue weighted by Crippen LogP contribution is 2.13. The van der Waals surface area contributed by atoms with Crippen LogP contribution in [0, 0.1) is 0 Å². The highest BCUT2D eigenvalue weighted by Gasteiger charge is 2.11. The zero-order valence-electron chi connectivity index (χ0n) is 6.80. The Labute approximate surface area is 66.7 Å². The van der Waals surface area contributed by atoms with Gasteiger partial charge in [0.1, 0.15) is 5.70 Å². The van der Waals surface area contributed by atoms with Crippen molar-refractivity contribution in [2.24, 2.45) is 5.73 Å². The summed E-state index contributed by atoms with van der Waals surface area (Å²) in [5, 5.41) is 0. The Morgan fingerprint density at radius 2 is 2.45 bits per heavy atom. The van der Waals surface area contributed by atoms with Gasteiger partial charge in [0, 0.05) is 25.5 Å². The van der Waals surface area contributed by atoms with Gasteiger partial charge in [0.05, 0.1) is 5.57 Å². The van der Waals surface area contributed by atoms with Gasteiger partial charge in [-0.2, -0.15) is 0 Å². The molecule has 0 fully saturated rings. The molecule has 0 spiro atoms. The van der Waals surface area contributed by atoms with E-state index in [1.165, 1.54) is 0 Å². The van der Waals surface area contributed by atoms with Gasteiger partial charge in [-0.15, -0.1) is 0 Å². The summed E-state index contributed by atoms with van der Waals surface area (Å²) in [5.74, 6) is 0. The van der Waals surface area contributed by atoms with E-state index in [9.17, 15) is 0 Å². The van der Waals surface area contributed by atoms with Gasteiger partial charge in [-0.05, 0) is 6.08 Å². The zero-order valence-corrected chi connectivity index (χ0v) is 6.80. The van der Waals surface area contributed by atoms with Crippen molar-refractivity contribution in [3.05, 3.63) is 35.8 Å². The Hall–Kier alpha value is -1.22. The molecule has 0 aliphatic carbocycles. The van der Waals surface area contributed by atoms with E-state index < -0.39 is 0 Å². The van der Waals surface area contributed by atoms with Gasteiger partial charge in [-0.25, -0.2) is 0 Å². The first-order valence-corrected chi connectivity index (χ1v) is 3.50. The molecule has 0 saturated carbocycles. The molecule has 0 amide bonds. The van der Waals surface area contributed by atoms with Crippen molar-refractivity contribution in [2.45, 2.75) is 0 Å². The highest BCUT2D eigenvalue weighted by molar-refractivity contribution is 5.40. The second-order valence-electron chi connectivity index (χ2n) is 2.74. The maximum atomic E-state index is 5.55. The Balaban J connectivity index is 2.90. The van der Waals surface area contributed by atoms with Crippen LogP contribution in [0.25, 0.3) is 0 Å². The molecule has 1 rings (SSSR count). The summed E-state index contributed by atoms with van der Waals surface area (Å²) >= 11 is 0. The first kappa shape index (κ1) is 7.88. The van der Waals surface area contributed by atoms with Crippen LogP contribution in [-0.4, -0.2) is 18.5 Å². The van der Waals surface area contributed by atoms with Gasteiger partial charge < -0.3 is 16.4 Å². The predicted octanol–water partition coefficient (Wildman–Crippen LogP) is -0.586. The monoisotopic (exact) mass is 152 g/mol. The molecule has 5 N–H and O–H groups in total. The number of rotatable bonds is 1. The molecular formula is C8H14N3+. The average molecular weight is 152 g/mol. The Kier molecular flexibility index (Phi) is 2.01. The molecule has 0 unspecified atom stereocenters. The van der Waals surface area contributed by atoms with E-state index in [-0.39, 0.29) is 0 Å². The van der Waals surface area contributed by atoms with Crippen molar-refractivity contribution >= 4 is 0 Å². The molecule has 0 radical (unpaired) electrons. The van der Waals surface area contributed by atoms with Crippen LogP contribution in [0.2, 0.25) is 0 Å².